The molecule has 1 aliphatic heterocycles. The van der Waals surface area contributed by atoms with Gasteiger partial charge in [-0.05, 0) is 0 Å². The summed E-state index contributed by atoms with van der Waals surface area (Å²) in [6.45, 7) is 3.30. The van der Waals surface area contributed by atoms with Crippen LogP contribution in [0.3, 0.4) is 0 Å². The standard InChI is InChI=1S/C10H13N3O4/c14-7-13-3-1-12(2-4-13)6-9-11-5-8(17-9)10(15)16/h5,7H,1-4,6H2,(H,15,16). The summed E-state index contributed by atoms with van der Waals surface area (Å²) in [5.74, 6) is -0.872. The van der Waals surface area contributed by atoms with Gasteiger partial charge in [0.15, 0.2) is 0 Å². The lowest BCUT2D eigenvalue weighted by atomic mass is 10.3. The molecule has 92 valence electrons. The van der Waals surface area contributed by atoms with Gasteiger partial charge in [0.05, 0.1) is 12.7 Å². The Balaban J connectivity index is 1.88. The first-order valence-electron chi connectivity index (χ1n) is 5.29. The van der Waals surface area contributed by atoms with Crippen LogP contribution in [0.1, 0.15) is 16.4 Å². The van der Waals surface area contributed by atoms with Crippen molar-refractivity contribution < 1.29 is 19.1 Å². The molecule has 0 atom stereocenters. The molecule has 0 saturated carbocycles. The monoisotopic (exact) mass is 239 g/mol. The van der Waals surface area contributed by atoms with Gasteiger partial charge in [-0.2, -0.15) is 0 Å². The summed E-state index contributed by atoms with van der Waals surface area (Å²) in [6, 6.07) is 0. The van der Waals surface area contributed by atoms with Crippen LogP contribution in [0.25, 0.3) is 0 Å². The lowest BCUT2D eigenvalue weighted by molar-refractivity contribution is -0.119. The lowest BCUT2D eigenvalue weighted by Gasteiger charge is -2.31. The van der Waals surface area contributed by atoms with Gasteiger partial charge < -0.3 is 14.4 Å². The van der Waals surface area contributed by atoms with E-state index < -0.39 is 5.97 Å². The molecular weight excluding hydrogens is 226 g/mol. The van der Waals surface area contributed by atoms with E-state index in [2.05, 4.69) is 9.88 Å². The number of hydrogen-bond acceptors (Lipinski definition) is 5. The topological polar surface area (TPSA) is 86.9 Å². The van der Waals surface area contributed by atoms with Crippen LogP contribution in [-0.2, 0) is 11.3 Å². The van der Waals surface area contributed by atoms with E-state index in [-0.39, 0.29) is 5.76 Å². The fourth-order valence-electron chi connectivity index (χ4n) is 1.70. The SMILES string of the molecule is O=CN1CCN(Cc2ncc(C(=O)O)o2)CC1. The van der Waals surface area contributed by atoms with E-state index in [0.29, 0.717) is 25.5 Å². The molecule has 1 saturated heterocycles. The summed E-state index contributed by atoms with van der Waals surface area (Å²) in [4.78, 5) is 28.8. The third-order valence-electron chi connectivity index (χ3n) is 2.68. The highest BCUT2D eigenvalue weighted by Gasteiger charge is 2.18. The van der Waals surface area contributed by atoms with E-state index >= 15 is 0 Å². The number of aromatic carboxylic acids is 1. The van der Waals surface area contributed by atoms with Crippen molar-refractivity contribution in [2.24, 2.45) is 0 Å². The van der Waals surface area contributed by atoms with Gasteiger partial charge in [-0.15, -0.1) is 0 Å². The highest BCUT2D eigenvalue weighted by atomic mass is 16.4. The van der Waals surface area contributed by atoms with Crippen LogP contribution in [0.15, 0.2) is 10.6 Å². The predicted molar refractivity (Wildman–Crippen MR) is 56.4 cm³/mol. The molecule has 1 fully saturated rings. The fraction of sp³-hybridized carbons (Fsp3) is 0.500. The number of amides is 1. The van der Waals surface area contributed by atoms with E-state index in [1.807, 2.05) is 0 Å². The third kappa shape index (κ3) is 2.82. The zero-order valence-corrected chi connectivity index (χ0v) is 9.20. The molecule has 17 heavy (non-hydrogen) atoms. The zero-order valence-electron chi connectivity index (χ0n) is 9.20. The van der Waals surface area contributed by atoms with E-state index in [0.717, 1.165) is 19.5 Å². The summed E-state index contributed by atoms with van der Waals surface area (Å²) >= 11 is 0. The van der Waals surface area contributed by atoms with E-state index in [9.17, 15) is 9.59 Å². The average Bonchev–Trinajstić information content (AvgIpc) is 2.79. The molecule has 0 aliphatic carbocycles. The molecule has 2 rings (SSSR count). The van der Waals surface area contributed by atoms with Crippen molar-refractivity contribution in [2.45, 2.75) is 6.54 Å². The van der Waals surface area contributed by atoms with Crippen molar-refractivity contribution in [1.29, 1.82) is 0 Å². The molecule has 1 amide bonds. The Morgan fingerprint density at radius 2 is 2.18 bits per heavy atom. The Bertz CT molecular complexity index is 409. The maximum absolute atomic E-state index is 10.6. The molecule has 0 unspecified atom stereocenters. The van der Waals surface area contributed by atoms with Crippen LogP contribution in [0.2, 0.25) is 0 Å². The predicted octanol–water partition coefficient (Wildman–Crippen LogP) is -0.353. The average molecular weight is 239 g/mol. The number of carboxylic acids is 1. The van der Waals surface area contributed by atoms with Crippen LogP contribution in [0.4, 0.5) is 0 Å². The third-order valence-corrected chi connectivity index (χ3v) is 2.68. The van der Waals surface area contributed by atoms with Crippen LogP contribution >= 0.6 is 0 Å². The quantitative estimate of drug-likeness (QED) is 0.722. The first-order valence-corrected chi connectivity index (χ1v) is 5.29. The summed E-state index contributed by atoms with van der Waals surface area (Å²) in [6.07, 6.45) is 2.05. The normalized spacial score (nSPS) is 17.1. The minimum atomic E-state index is -1.12. The van der Waals surface area contributed by atoms with Gasteiger partial charge in [-0.3, -0.25) is 9.69 Å². The van der Waals surface area contributed by atoms with Crippen molar-refractivity contribution in [3.8, 4) is 0 Å². The van der Waals surface area contributed by atoms with Crippen molar-refractivity contribution in [3.63, 3.8) is 0 Å². The molecule has 0 bridgehead atoms. The van der Waals surface area contributed by atoms with Gasteiger partial charge in [-0.1, -0.05) is 0 Å². The maximum atomic E-state index is 10.6. The summed E-state index contributed by atoms with van der Waals surface area (Å²) in [5.41, 5.74) is 0. The Hall–Kier alpha value is -1.89. The molecule has 1 N–H and O–H groups in total. The molecule has 7 nitrogen and oxygen atoms in total. The summed E-state index contributed by atoms with van der Waals surface area (Å²) in [5, 5.41) is 8.68. The van der Waals surface area contributed by atoms with Crippen molar-refractivity contribution in [3.05, 3.63) is 17.8 Å². The number of carbonyl (C=O) groups excluding carboxylic acids is 1. The van der Waals surface area contributed by atoms with Crippen molar-refractivity contribution in [1.82, 2.24) is 14.8 Å². The molecule has 1 aromatic heterocycles. The highest BCUT2D eigenvalue weighted by Crippen LogP contribution is 2.08. The Morgan fingerprint density at radius 3 is 2.71 bits per heavy atom. The minimum absolute atomic E-state index is 0.147. The largest absolute Gasteiger partial charge is 0.475 e. The molecule has 0 spiro atoms. The molecular formula is C10H13N3O4. The summed E-state index contributed by atoms with van der Waals surface area (Å²) in [7, 11) is 0. The first kappa shape index (κ1) is 11.6. The van der Waals surface area contributed by atoms with Crippen LogP contribution in [-0.4, -0.2) is 58.4 Å². The van der Waals surface area contributed by atoms with Crippen molar-refractivity contribution in [2.75, 3.05) is 26.2 Å². The number of oxazole rings is 1. The van der Waals surface area contributed by atoms with Gasteiger partial charge in [0.1, 0.15) is 0 Å². The number of nitrogens with zero attached hydrogens (tertiary/aromatic N) is 3. The van der Waals surface area contributed by atoms with Crippen LogP contribution in [0.5, 0.6) is 0 Å². The number of rotatable bonds is 4. The molecule has 1 aliphatic rings. The molecule has 1 aromatic rings. The summed E-state index contributed by atoms with van der Waals surface area (Å²) < 4.78 is 5.07. The number of carbonyl (C=O) groups is 2. The smallest absolute Gasteiger partial charge is 0.373 e. The Kier molecular flexibility index (Phi) is 3.38. The number of carboxylic acid groups (broad SMARTS) is 1. The van der Waals surface area contributed by atoms with Gasteiger partial charge in [-0.25, -0.2) is 9.78 Å². The molecule has 7 heteroatoms. The van der Waals surface area contributed by atoms with Crippen molar-refractivity contribution >= 4 is 12.4 Å². The zero-order chi connectivity index (χ0) is 12.3. The molecule has 2 heterocycles. The second-order valence-electron chi connectivity index (χ2n) is 3.84. The molecule has 0 radical (unpaired) electrons. The van der Waals surface area contributed by atoms with E-state index in [4.69, 9.17) is 9.52 Å². The van der Waals surface area contributed by atoms with Gasteiger partial charge in [0, 0.05) is 26.2 Å². The lowest BCUT2D eigenvalue weighted by Crippen LogP contribution is -2.45. The maximum Gasteiger partial charge on any atom is 0.373 e. The fourth-order valence-corrected chi connectivity index (χ4v) is 1.70. The second-order valence-corrected chi connectivity index (χ2v) is 3.84. The Labute approximate surface area is 97.6 Å². The number of aromatic nitrogens is 1. The molecule has 0 aromatic carbocycles. The number of piperazine rings is 1. The highest BCUT2D eigenvalue weighted by molar-refractivity contribution is 5.83. The van der Waals surface area contributed by atoms with Gasteiger partial charge in [0.2, 0.25) is 18.1 Å². The minimum Gasteiger partial charge on any atom is -0.475 e. The van der Waals surface area contributed by atoms with Crippen LogP contribution < -0.4 is 0 Å². The van der Waals surface area contributed by atoms with Gasteiger partial charge in [0.25, 0.3) is 0 Å². The van der Waals surface area contributed by atoms with E-state index in [1.165, 1.54) is 6.20 Å². The first-order chi connectivity index (χ1) is 8.19. The number of hydrogen-bond donors (Lipinski definition) is 1. The second kappa shape index (κ2) is 4.96. The van der Waals surface area contributed by atoms with Gasteiger partial charge >= 0.3 is 5.97 Å². The van der Waals surface area contributed by atoms with Crippen LogP contribution in [0, 0.1) is 0 Å². The Morgan fingerprint density at radius 1 is 1.47 bits per heavy atom. The van der Waals surface area contributed by atoms with E-state index in [1.54, 1.807) is 4.90 Å².